The third-order valence-corrected chi connectivity index (χ3v) is 5.68. The lowest BCUT2D eigenvalue weighted by Gasteiger charge is -2.16. The molecule has 0 radical (unpaired) electrons. The zero-order valence-corrected chi connectivity index (χ0v) is 16.8. The van der Waals surface area contributed by atoms with E-state index in [1.54, 1.807) is 6.20 Å². The molecule has 0 saturated heterocycles. The topological polar surface area (TPSA) is 109 Å². The van der Waals surface area contributed by atoms with E-state index in [9.17, 15) is 9.59 Å². The fourth-order valence-electron chi connectivity index (χ4n) is 3.63. The maximum atomic E-state index is 12.2. The van der Waals surface area contributed by atoms with Crippen LogP contribution in [0.1, 0.15) is 61.9 Å². The van der Waals surface area contributed by atoms with Crippen molar-refractivity contribution in [3.63, 3.8) is 0 Å². The molecular weight excluding hydrogens is 370 g/mol. The monoisotopic (exact) mass is 397 g/mol. The number of alkyl carbamates (subject to hydrolysis) is 1. The number of carbonyl (C=O) groups is 2. The Labute approximate surface area is 169 Å². The Bertz CT molecular complexity index is 888. The summed E-state index contributed by atoms with van der Waals surface area (Å²) in [6.07, 6.45) is 6.07. The predicted octanol–water partition coefficient (Wildman–Crippen LogP) is 3.21. The van der Waals surface area contributed by atoms with Crippen molar-refractivity contribution in [3.8, 4) is 0 Å². The quantitative estimate of drug-likeness (QED) is 0.693. The van der Waals surface area contributed by atoms with E-state index in [0.717, 1.165) is 49.1 Å². The molecule has 2 saturated carbocycles. The maximum Gasteiger partial charge on any atom is 0.407 e. The van der Waals surface area contributed by atoms with Gasteiger partial charge in [-0.2, -0.15) is 5.10 Å². The molecule has 2 aliphatic carbocycles. The van der Waals surface area contributed by atoms with E-state index in [2.05, 4.69) is 25.8 Å². The van der Waals surface area contributed by atoms with Crippen molar-refractivity contribution in [1.82, 2.24) is 20.5 Å². The highest BCUT2D eigenvalue weighted by Gasteiger charge is 2.40. The first-order valence-corrected chi connectivity index (χ1v) is 10.1. The Morgan fingerprint density at radius 1 is 1.31 bits per heavy atom. The second kappa shape index (κ2) is 7.85. The van der Waals surface area contributed by atoms with Crippen LogP contribution < -0.4 is 10.6 Å². The van der Waals surface area contributed by atoms with Gasteiger partial charge in [0.15, 0.2) is 5.82 Å². The summed E-state index contributed by atoms with van der Waals surface area (Å²) in [5, 5.41) is 12.9. The molecule has 0 aliphatic heterocycles. The molecule has 0 bridgehead atoms. The van der Waals surface area contributed by atoms with E-state index < -0.39 is 0 Å². The normalized spacial score (nSPS) is 22.1. The molecule has 2 atom stereocenters. The molecule has 0 spiro atoms. The molecule has 154 valence electrons. The average molecular weight is 397 g/mol. The largest absolute Gasteiger partial charge is 0.446 e. The Morgan fingerprint density at radius 3 is 2.86 bits per heavy atom. The van der Waals surface area contributed by atoms with Crippen molar-refractivity contribution in [1.29, 1.82) is 0 Å². The fraction of sp³-hybridized carbons (Fsp3) is 0.524. The Balaban J connectivity index is 1.26. The number of ether oxygens (including phenoxy) is 1. The summed E-state index contributed by atoms with van der Waals surface area (Å²) >= 11 is 0. The van der Waals surface area contributed by atoms with Crippen molar-refractivity contribution in [3.05, 3.63) is 41.3 Å². The highest BCUT2D eigenvalue weighted by Crippen LogP contribution is 2.37. The number of nitrogens with zero attached hydrogens (tertiary/aromatic N) is 2. The van der Waals surface area contributed by atoms with Gasteiger partial charge in [0.05, 0.1) is 6.42 Å². The number of hydrogen-bond acceptors (Lipinski definition) is 5. The lowest BCUT2D eigenvalue weighted by atomic mass is 10.0. The average Bonchev–Trinajstić information content (AvgIpc) is 3.06. The van der Waals surface area contributed by atoms with Crippen LogP contribution in [0.2, 0.25) is 0 Å². The molecular formula is C21H27N5O3. The van der Waals surface area contributed by atoms with Crippen LogP contribution in [-0.4, -0.2) is 38.8 Å². The van der Waals surface area contributed by atoms with Gasteiger partial charge in [0, 0.05) is 35.1 Å². The molecule has 2 aromatic rings. The van der Waals surface area contributed by atoms with Crippen LogP contribution in [0.4, 0.5) is 10.6 Å². The molecule has 4 rings (SSSR count). The number of anilines is 1. The SMILES string of the molecule is Cc1ccc(CC(=O)Nc2cc([C@H]3CC[C@@H](OC(=O)NC4(C)CC4)C3)[nH]n2)nc1. The lowest BCUT2D eigenvalue weighted by molar-refractivity contribution is -0.115. The lowest BCUT2D eigenvalue weighted by Crippen LogP contribution is -2.36. The van der Waals surface area contributed by atoms with Crippen molar-refractivity contribution >= 4 is 17.8 Å². The first-order valence-electron chi connectivity index (χ1n) is 10.1. The third-order valence-electron chi connectivity index (χ3n) is 5.68. The second-order valence-electron chi connectivity index (χ2n) is 8.48. The number of aromatic nitrogens is 3. The molecule has 29 heavy (non-hydrogen) atoms. The second-order valence-corrected chi connectivity index (χ2v) is 8.48. The third kappa shape index (κ3) is 5.13. The number of carbonyl (C=O) groups excluding carboxylic acids is 2. The van der Waals surface area contributed by atoms with Crippen LogP contribution in [0.25, 0.3) is 0 Å². The first-order chi connectivity index (χ1) is 13.9. The van der Waals surface area contributed by atoms with Crippen LogP contribution in [0.3, 0.4) is 0 Å². The molecule has 2 fully saturated rings. The summed E-state index contributed by atoms with van der Waals surface area (Å²) in [5.74, 6) is 0.583. The fourth-order valence-corrected chi connectivity index (χ4v) is 3.63. The van der Waals surface area contributed by atoms with E-state index >= 15 is 0 Å². The number of hydrogen-bond donors (Lipinski definition) is 3. The van der Waals surface area contributed by atoms with Crippen molar-refractivity contribution < 1.29 is 14.3 Å². The van der Waals surface area contributed by atoms with E-state index in [1.165, 1.54) is 0 Å². The van der Waals surface area contributed by atoms with Gasteiger partial charge in [0.25, 0.3) is 0 Å². The van der Waals surface area contributed by atoms with Gasteiger partial charge < -0.3 is 15.4 Å². The van der Waals surface area contributed by atoms with Gasteiger partial charge in [0.2, 0.25) is 5.91 Å². The van der Waals surface area contributed by atoms with Crippen molar-refractivity contribution in [2.75, 3.05) is 5.32 Å². The highest BCUT2D eigenvalue weighted by atomic mass is 16.6. The van der Waals surface area contributed by atoms with Crippen molar-refractivity contribution in [2.24, 2.45) is 0 Å². The number of aromatic amines is 1. The van der Waals surface area contributed by atoms with Gasteiger partial charge in [-0.3, -0.25) is 14.9 Å². The van der Waals surface area contributed by atoms with E-state index in [0.29, 0.717) is 5.82 Å². The minimum absolute atomic E-state index is 0.0698. The molecule has 0 unspecified atom stereocenters. The van der Waals surface area contributed by atoms with Gasteiger partial charge in [-0.1, -0.05) is 6.07 Å². The van der Waals surface area contributed by atoms with E-state index in [1.807, 2.05) is 32.0 Å². The molecule has 8 nitrogen and oxygen atoms in total. The van der Waals surface area contributed by atoms with Crippen LogP contribution >= 0.6 is 0 Å². The zero-order valence-electron chi connectivity index (χ0n) is 16.8. The summed E-state index contributed by atoms with van der Waals surface area (Å²) in [6.45, 7) is 3.99. The number of pyridine rings is 1. The smallest absolute Gasteiger partial charge is 0.407 e. The number of nitrogens with one attached hydrogen (secondary N) is 3. The summed E-state index contributed by atoms with van der Waals surface area (Å²) in [7, 11) is 0. The molecule has 2 aromatic heterocycles. The summed E-state index contributed by atoms with van der Waals surface area (Å²) < 4.78 is 5.56. The Morgan fingerprint density at radius 2 is 2.14 bits per heavy atom. The number of rotatable bonds is 6. The van der Waals surface area contributed by atoms with Crippen LogP contribution in [-0.2, 0) is 16.0 Å². The summed E-state index contributed by atoms with van der Waals surface area (Å²) in [6, 6.07) is 5.65. The zero-order chi connectivity index (χ0) is 20.4. The van der Waals surface area contributed by atoms with Gasteiger partial charge in [0.1, 0.15) is 6.10 Å². The van der Waals surface area contributed by atoms with Crippen molar-refractivity contribution in [2.45, 2.75) is 69.9 Å². The number of amides is 2. The minimum atomic E-state index is -0.321. The highest BCUT2D eigenvalue weighted by molar-refractivity contribution is 5.91. The van der Waals surface area contributed by atoms with Crippen LogP contribution in [0.5, 0.6) is 0 Å². The van der Waals surface area contributed by atoms with E-state index in [-0.39, 0.29) is 36.0 Å². The molecule has 2 heterocycles. The van der Waals surface area contributed by atoms with Crippen LogP contribution in [0.15, 0.2) is 24.4 Å². The summed E-state index contributed by atoms with van der Waals surface area (Å²) in [4.78, 5) is 28.5. The van der Waals surface area contributed by atoms with Gasteiger partial charge in [-0.15, -0.1) is 0 Å². The maximum absolute atomic E-state index is 12.2. The first kappa shape index (κ1) is 19.4. The van der Waals surface area contributed by atoms with Gasteiger partial charge in [-0.05, 0) is 57.6 Å². The molecule has 3 N–H and O–H groups in total. The number of aryl methyl sites for hydroxylation is 1. The molecule has 0 aromatic carbocycles. The van der Waals surface area contributed by atoms with Gasteiger partial charge in [-0.25, -0.2) is 4.79 Å². The minimum Gasteiger partial charge on any atom is -0.446 e. The standard InChI is InChI=1S/C21H27N5O3/c1-13-3-5-15(22-12-13)10-19(27)23-18-11-17(25-26-18)14-4-6-16(9-14)29-20(28)24-21(2)7-8-21/h3,5,11-12,14,16H,4,6-10H2,1-2H3,(H,24,28)(H2,23,25,26,27)/t14-,16+/m0/s1. The van der Waals surface area contributed by atoms with Gasteiger partial charge >= 0.3 is 6.09 Å². The number of H-pyrrole nitrogens is 1. The summed E-state index contributed by atoms with van der Waals surface area (Å²) in [5.41, 5.74) is 2.66. The Kier molecular flexibility index (Phi) is 5.25. The molecule has 2 aliphatic rings. The molecule has 2 amide bonds. The molecule has 8 heteroatoms. The predicted molar refractivity (Wildman–Crippen MR) is 108 cm³/mol. The van der Waals surface area contributed by atoms with E-state index in [4.69, 9.17) is 4.74 Å². The Hall–Kier alpha value is -2.90. The van der Waals surface area contributed by atoms with Crippen LogP contribution in [0, 0.1) is 6.92 Å².